The predicted octanol–water partition coefficient (Wildman–Crippen LogP) is 3.11. The molecule has 13 heavy (non-hydrogen) atoms. The van der Waals surface area contributed by atoms with E-state index < -0.39 is 0 Å². The molecule has 0 atom stereocenters. The fourth-order valence-electron chi connectivity index (χ4n) is 0.680. The van der Waals surface area contributed by atoms with Gasteiger partial charge in [-0.25, -0.2) is 9.97 Å². The van der Waals surface area contributed by atoms with Crippen LogP contribution in [0.25, 0.3) is 0 Å². The molecule has 0 saturated carbocycles. The number of rotatable bonds is 2. The molecule has 0 fully saturated rings. The van der Waals surface area contributed by atoms with E-state index in [9.17, 15) is 0 Å². The summed E-state index contributed by atoms with van der Waals surface area (Å²) in [6, 6.07) is 0. The molecule has 3 nitrogen and oxygen atoms in total. The lowest BCUT2D eigenvalue weighted by Gasteiger charge is -1.86. The van der Waals surface area contributed by atoms with E-state index in [-0.39, 0.29) is 0 Å². The van der Waals surface area contributed by atoms with Crippen LogP contribution in [0.4, 0.5) is 0 Å². The lowest BCUT2D eigenvalue weighted by Crippen LogP contribution is -1.72. The van der Waals surface area contributed by atoms with Gasteiger partial charge in [-0.1, -0.05) is 11.6 Å². The first kappa shape index (κ1) is 9.39. The summed E-state index contributed by atoms with van der Waals surface area (Å²) in [4.78, 5) is 8.31. The molecule has 0 amide bonds. The topological polar surface area (TPSA) is 38.7 Å². The zero-order valence-electron chi connectivity index (χ0n) is 6.52. The van der Waals surface area contributed by atoms with Gasteiger partial charge < -0.3 is 0 Å². The Bertz CT molecular complexity index is 372. The van der Waals surface area contributed by atoms with Gasteiger partial charge >= 0.3 is 0 Å². The van der Waals surface area contributed by atoms with Crippen LogP contribution in [0.5, 0.6) is 0 Å². The number of hydrogen-bond acceptors (Lipinski definition) is 6. The maximum Gasteiger partial charge on any atom is 0.177 e. The molecule has 0 aromatic carbocycles. The largest absolute Gasteiger partial charge is 0.218 e. The third kappa shape index (κ3) is 2.40. The van der Waals surface area contributed by atoms with Gasteiger partial charge in [-0.15, -0.1) is 11.3 Å². The van der Waals surface area contributed by atoms with Crippen LogP contribution in [0.2, 0.25) is 5.15 Å². The highest BCUT2D eigenvalue weighted by Gasteiger charge is 2.06. The Kier molecular flexibility index (Phi) is 2.83. The standard InChI is InChI=1S/C6H4ClN3S3/c1-3-8-6(13-10-3)12-5-9-4(7)2-11-5/h2H,1H3. The van der Waals surface area contributed by atoms with Crippen molar-refractivity contribution in [3.05, 3.63) is 16.4 Å². The Morgan fingerprint density at radius 2 is 2.23 bits per heavy atom. The Labute approximate surface area is 92.4 Å². The summed E-state index contributed by atoms with van der Waals surface area (Å²) < 4.78 is 5.88. The van der Waals surface area contributed by atoms with Crippen LogP contribution in [0.3, 0.4) is 0 Å². The molecule has 0 aliphatic rings. The monoisotopic (exact) mass is 249 g/mol. The van der Waals surface area contributed by atoms with Crippen molar-refractivity contribution in [1.82, 2.24) is 14.3 Å². The fourth-order valence-corrected chi connectivity index (χ4v) is 3.52. The zero-order valence-corrected chi connectivity index (χ0v) is 9.73. The minimum Gasteiger partial charge on any atom is -0.218 e. The SMILES string of the molecule is Cc1nsc(Sc2nc(Cl)cs2)n1. The second-order valence-corrected chi connectivity index (χ2v) is 5.64. The van der Waals surface area contributed by atoms with Crippen LogP contribution in [0.15, 0.2) is 14.1 Å². The molecular formula is C6H4ClN3S3. The number of halogens is 1. The van der Waals surface area contributed by atoms with Crippen LogP contribution < -0.4 is 0 Å². The summed E-state index contributed by atoms with van der Waals surface area (Å²) in [6.07, 6.45) is 0. The summed E-state index contributed by atoms with van der Waals surface area (Å²) >= 11 is 10.1. The van der Waals surface area contributed by atoms with Gasteiger partial charge in [0.1, 0.15) is 11.0 Å². The minimum absolute atomic E-state index is 0.536. The second-order valence-electron chi connectivity index (χ2n) is 2.15. The lowest BCUT2D eigenvalue weighted by atomic mass is 10.8. The maximum absolute atomic E-state index is 5.69. The maximum atomic E-state index is 5.69. The summed E-state index contributed by atoms with van der Waals surface area (Å²) in [6.45, 7) is 1.87. The molecule has 0 spiro atoms. The molecule has 0 aliphatic carbocycles. The van der Waals surface area contributed by atoms with Crippen molar-refractivity contribution in [3.8, 4) is 0 Å². The molecular weight excluding hydrogens is 246 g/mol. The van der Waals surface area contributed by atoms with Gasteiger partial charge in [0.15, 0.2) is 8.68 Å². The first-order valence-corrected chi connectivity index (χ1v) is 6.18. The summed E-state index contributed by atoms with van der Waals surface area (Å²) in [5, 5.41) is 2.34. The molecule has 2 aromatic rings. The van der Waals surface area contributed by atoms with Gasteiger partial charge in [0.05, 0.1) is 0 Å². The number of hydrogen-bond donors (Lipinski definition) is 0. The molecule has 2 heterocycles. The molecule has 0 bridgehead atoms. The highest BCUT2D eigenvalue weighted by molar-refractivity contribution is 8.02. The minimum atomic E-state index is 0.536. The predicted molar refractivity (Wildman–Crippen MR) is 55.9 cm³/mol. The smallest absolute Gasteiger partial charge is 0.177 e. The van der Waals surface area contributed by atoms with E-state index in [1.165, 1.54) is 34.6 Å². The van der Waals surface area contributed by atoms with Crippen molar-refractivity contribution >= 4 is 46.2 Å². The lowest BCUT2D eigenvalue weighted by molar-refractivity contribution is 1.10. The van der Waals surface area contributed by atoms with E-state index in [0.717, 1.165) is 14.5 Å². The Balaban J connectivity index is 2.14. The Morgan fingerprint density at radius 3 is 2.77 bits per heavy atom. The van der Waals surface area contributed by atoms with Crippen LogP contribution in [0, 0.1) is 6.92 Å². The zero-order chi connectivity index (χ0) is 9.26. The summed E-state index contributed by atoms with van der Waals surface area (Å²) in [5.41, 5.74) is 0. The van der Waals surface area contributed by atoms with Gasteiger partial charge in [0, 0.05) is 5.38 Å². The van der Waals surface area contributed by atoms with E-state index in [2.05, 4.69) is 14.3 Å². The first-order valence-electron chi connectivity index (χ1n) is 3.33. The van der Waals surface area contributed by atoms with E-state index in [1.807, 2.05) is 6.92 Å². The Hall–Kier alpha value is -0.170. The van der Waals surface area contributed by atoms with E-state index in [0.29, 0.717) is 5.15 Å². The van der Waals surface area contributed by atoms with E-state index in [4.69, 9.17) is 11.6 Å². The van der Waals surface area contributed by atoms with Gasteiger partial charge in [-0.2, -0.15) is 4.37 Å². The van der Waals surface area contributed by atoms with E-state index >= 15 is 0 Å². The molecule has 0 radical (unpaired) electrons. The quantitative estimate of drug-likeness (QED) is 0.820. The molecule has 2 rings (SSSR count). The van der Waals surface area contributed by atoms with Gasteiger partial charge in [0.2, 0.25) is 0 Å². The normalized spacial score (nSPS) is 10.6. The summed E-state index contributed by atoms with van der Waals surface area (Å²) in [5.74, 6) is 0.801. The van der Waals surface area contributed by atoms with Crippen molar-refractivity contribution in [3.63, 3.8) is 0 Å². The van der Waals surface area contributed by atoms with Crippen LogP contribution in [0.1, 0.15) is 5.82 Å². The van der Waals surface area contributed by atoms with Gasteiger partial charge in [-0.05, 0) is 30.2 Å². The van der Waals surface area contributed by atoms with Gasteiger partial charge in [-0.3, -0.25) is 0 Å². The molecule has 7 heteroatoms. The fraction of sp³-hybridized carbons (Fsp3) is 0.167. The number of nitrogens with zero attached hydrogens (tertiary/aromatic N) is 3. The van der Waals surface area contributed by atoms with Crippen molar-refractivity contribution in [1.29, 1.82) is 0 Å². The number of thiazole rings is 1. The highest BCUT2D eigenvalue weighted by atomic mass is 35.5. The number of aromatic nitrogens is 3. The Morgan fingerprint density at radius 1 is 1.38 bits per heavy atom. The summed E-state index contributed by atoms with van der Waals surface area (Å²) in [7, 11) is 0. The third-order valence-corrected chi connectivity index (χ3v) is 4.24. The first-order chi connectivity index (χ1) is 6.24. The third-order valence-electron chi connectivity index (χ3n) is 1.14. The van der Waals surface area contributed by atoms with Gasteiger partial charge in [0.25, 0.3) is 0 Å². The van der Waals surface area contributed by atoms with Crippen molar-refractivity contribution < 1.29 is 0 Å². The van der Waals surface area contributed by atoms with Crippen molar-refractivity contribution in [2.75, 3.05) is 0 Å². The average Bonchev–Trinajstić information content (AvgIpc) is 2.62. The molecule has 0 saturated heterocycles. The second kappa shape index (κ2) is 3.91. The number of aryl methyl sites for hydroxylation is 1. The highest BCUT2D eigenvalue weighted by Crippen LogP contribution is 2.32. The average molecular weight is 250 g/mol. The molecule has 0 aliphatic heterocycles. The van der Waals surface area contributed by atoms with Crippen molar-refractivity contribution in [2.24, 2.45) is 0 Å². The van der Waals surface area contributed by atoms with E-state index in [1.54, 1.807) is 5.38 Å². The molecule has 68 valence electrons. The molecule has 0 unspecified atom stereocenters. The molecule has 0 N–H and O–H groups in total. The molecule has 2 aromatic heterocycles. The van der Waals surface area contributed by atoms with Crippen LogP contribution in [-0.4, -0.2) is 14.3 Å². The van der Waals surface area contributed by atoms with Crippen LogP contribution in [-0.2, 0) is 0 Å². The van der Waals surface area contributed by atoms with Crippen molar-refractivity contribution in [2.45, 2.75) is 15.6 Å². The van der Waals surface area contributed by atoms with Crippen LogP contribution >= 0.6 is 46.2 Å².